The summed E-state index contributed by atoms with van der Waals surface area (Å²) in [6.07, 6.45) is 1.35. The van der Waals surface area contributed by atoms with Crippen molar-refractivity contribution >= 4 is 33.5 Å². The lowest BCUT2D eigenvalue weighted by Crippen LogP contribution is -2.00. The molecule has 0 saturated carbocycles. The first-order valence-electron chi connectivity index (χ1n) is 8.42. The van der Waals surface area contributed by atoms with Crippen molar-refractivity contribution < 1.29 is 4.79 Å². The van der Waals surface area contributed by atoms with E-state index in [0.717, 1.165) is 38.8 Å². The van der Waals surface area contributed by atoms with Gasteiger partial charge in [0.2, 0.25) is 0 Å². The molecule has 3 aromatic rings. The van der Waals surface area contributed by atoms with Crippen molar-refractivity contribution in [2.24, 2.45) is 7.05 Å². The molecule has 0 spiro atoms. The minimum Gasteiger partial charge on any atom is -0.305 e. The van der Waals surface area contributed by atoms with E-state index < -0.39 is 0 Å². The van der Waals surface area contributed by atoms with Gasteiger partial charge in [-0.25, -0.2) is 0 Å². The van der Waals surface area contributed by atoms with E-state index in [1.165, 1.54) is 5.56 Å². The van der Waals surface area contributed by atoms with Crippen LogP contribution in [0.5, 0.6) is 0 Å². The molecule has 134 valence electrons. The first-order chi connectivity index (χ1) is 12.5. The van der Waals surface area contributed by atoms with Gasteiger partial charge in [0.25, 0.3) is 0 Å². The van der Waals surface area contributed by atoms with Crippen LogP contribution in [0, 0.1) is 6.92 Å². The summed E-state index contributed by atoms with van der Waals surface area (Å²) in [5.41, 5.74) is 3.04. The Kier molecular flexibility index (Phi) is 6.27. The second-order valence-electron chi connectivity index (χ2n) is 6.11. The monoisotopic (exact) mass is 429 g/mol. The van der Waals surface area contributed by atoms with Crippen molar-refractivity contribution in [1.29, 1.82) is 0 Å². The van der Waals surface area contributed by atoms with Crippen molar-refractivity contribution in [3.8, 4) is 11.4 Å². The molecule has 0 fully saturated rings. The number of aromatic nitrogens is 3. The van der Waals surface area contributed by atoms with Gasteiger partial charge in [-0.05, 0) is 25.5 Å². The number of rotatable bonds is 7. The summed E-state index contributed by atoms with van der Waals surface area (Å²) in [5.74, 6) is 1.87. The fraction of sp³-hybridized carbons (Fsp3) is 0.250. The zero-order valence-electron chi connectivity index (χ0n) is 14.8. The van der Waals surface area contributed by atoms with Gasteiger partial charge in [-0.3, -0.25) is 4.79 Å². The van der Waals surface area contributed by atoms with Crippen molar-refractivity contribution in [2.75, 3.05) is 5.75 Å². The van der Waals surface area contributed by atoms with Crippen LogP contribution in [0.2, 0.25) is 0 Å². The second kappa shape index (κ2) is 8.64. The number of benzene rings is 2. The largest absolute Gasteiger partial charge is 0.305 e. The van der Waals surface area contributed by atoms with Gasteiger partial charge >= 0.3 is 0 Å². The fourth-order valence-electron chi connectivity index (χ4n) is 2.57. The van der Waals surface area contributed by atoms with Crippen LogP contribution < -0.4 is 0 Å². The summed E-state index contributed by atoms with van der Waals surface area (Å²) in [4.78, 5) is 12.2. The molecule has 0 radical (unpaired) electrons. The minimum absolute atomic E-state index is 0.177. The van der Waals surface area contributed by atoms with Gasteiger partial charge in [0.1, 0.15) is 0 Å². The van der Waals surface area contributed by atoms with Crippen LogP contribution >= 0.6 is 27.7 Å². The first kappa shape index (κ1) is 18.9. The van der Waals surface area contributed by atoms with Gasteiger partial charge in [-0.2, -0.15) is 0 Å². The molecule has 0 bridgehead atoms. The lowest BCUT2D eigenvalue weighted by molar-refractivity contribution is 0.0982. The molecule has 4 nitrogen and oxygen atoms in total. The number of nitrogens with zero attached hydrogens (tertiary/aromatic N) is 3. The van der Waals surface area contributed by atoms with Crippen molar-refractivity contribution in [2.45, 2.75) is 24.9 Å². The molecule has 6 heteroatoms. The average Bonchev–Trinajstić information content (AvgIpc) is 3.00. The lowest BCUT2D eigenvalue weighted by Gasteiger charge is -2.04. The SMILES string of the molecule is Cc1ccc(-c2nnc(SCCCC(=O)c3ccc(Br)cc3)n2C)cc1. The summed E-state index contributed by atoms with van der Waals surface area (Å²) < 4.78 is 2.99. The van der Waals surface area contributed by atoms with Crippen LogP contribution in [0.25, 0.3) is 11.4 Å². The smallest absolute Gasteiger partial charge is 0.191 e. The van der Waals surface area contributed by atoms with Crippen LogP contribution in [0.1, 0.15) is 28.8 Å². The van der Waals surface area contributed by atoms with Gasteiger partial charge in [-0.1, -0.05) is 69.7 Å². The normalized spacial score (nSPS) is 10.9. The number of ketones is 1. The Morgan fingerprint density at radius 1 is 1.08 bits per heavy atom. The molecule has 0 amide bonds. The molecule has 0 N–H and O–H groups in total. The minimum atomic E-state index is 0.177. The summed E-state index contributed by atoms with van der Waals surface area (Å²) in [7, 11) is 1.98. The van der Waals surface area contributed by atoms with E-state index in [4.69, 9.17) is 0 Å². The summed E-state index contributed by atoms with van der Waals surface area (Å²) in [5, 5.41) is 9.46. The Labute approximate surface area is 166 Å². The Hall–Kier alpha value is -1.92. The van der Waals surface area contributed by atoms with Gasteiger partial charge in [0.05, 0.1) is 0 Å². The summed E-state index contributed by atoms with van der Waals surface area (Å²) in [6, 6.07) is 15.8. The molecular formula is C20H20BrN3OS. The number of Topliss-reactive ketones (excluding diaryl/α,β-unsaturated/α-hetero) is 1. The first-order valence-corrected chi connectivity index (χ1v) is 10.2. The highest BCUT2D eigenvalue weighted by Gasteiger charge is 2.11. The van der Waals surface area contributed by atoms with E-state index in [9.17, 15) is 4.79 Å². The maximum Gasteiger partial charge on any atom is 0.191 e. The number of thioether (sulfide) groups is 1. The molecule has 0 atom stereocenters. The number of aryl methyl sites for hydroxylation is 1. The van der Waals surface area contributed by atoms with E-state index >= 15 is 0 Å². The maximum absolute atomic E-state index is 12.2. The van der Waals surface area contributed by atoms with E-state index in [1.807, 2.05) is 35.9 Å². The standard InChI is InChI=1S/C20H20BrN3OS/c1-14-5-7-16(8-6-14)19-22-23-20(24(19)2)26-13-3-4-18(25)15-9-11-17(21)12-10-15/h5-12H,3-4,13H2,1-2H3. The van der Waals surface area contributed by atoms with Gasteiger partial charge in [0, 0.05) is 34.8 Å². The molecule has 0 saturated heterocycles. The van der Waals surface area contributed by atoms with Crippen molar-refractivity contribution in [3.63, 3.8) is 0 Å². The highest BCUT2D eigenvalue weighted by atomic mass is 79.9. The van der Waals surface area contributed by atoms with Crippen LogP contribution in [0.3, 0.4) is 0 Å². The Bertz CT molecular complexity index is 888. The molecule has 3 rings (SSSR count). The van der Waals surface area contributed by atoms with Crippen LogP contribution in [-0.4, -0.2) is 26.3 Å². The number of carbonyl (C=O) groups excluding carboxylic acids is 1. The molecular weight excluding hydrogens is 410 g/mol. The number of hydrogen-bond donors (Lipinski definition) is 0. The molecule has 2 aromatic carbocycles. The number of carbonyl (C=O) groups is 1. The van der Waals surface area contributed by atoms with Crippen LogP contribution in [0.4, 0.5) is 0 Å². The molecule has 0 unspecified atom stereocenters. The highest BCUT2D eigenvalue weighted by Crippen LogP contribution is 2.24. The fourth-order valence-corrected chi connectivity index (χ4v) is 3.69. The third kappa shape index (κ3) is 4.62. The van der Waals surface area contributed by atoms with Gasteiger partial charge in [0.15, 0.2) is 16.8 Å². The zero-order valence-corrected chi connectivity index (χ0v) is 17.2. The predicted octanol–water partition coefficient (Wildman–Crippen LogP) is 5.31. The second-order valence-corrected chi connectivity index (χ2v) is 8.09. The molecule has 1 aromatic heterocycles. The third-order valence-corrected chi connectivity index (χ3v) is 5.73. The average molecular weight is 430 g/mol. The van der Waals surface area contributed by atoms with Gasteiger partial charge < -0.3 is 4.57 Å². The van der Waals surface area contributed by atoms with Crippen molar-refractivity contribution in [3.05, 3.63) is 64.1 Å². The van der Waals surface area contributed by atoms with E-state index in [1.54, 1.807) is 11.8 Å². The zero-order chi connectivity index (χ0) is 18.5. The van der Waals surface area contributed by atoms with Crippen LogP contribution in [-0.2, 0) is 7.05 Å². The summed E-state index contributed by atoms with van der Waals surface area (Å²) >= 11 is 5.02. The maximum atomic E-state index is 12.2. The predicted molar refractivity (Wildman–Crippen MR) is 110 cm³/mol. The molecule has 0 aliphatic rings. The van der Waals surface area contributed by atoms with E-state index in [-0.39, 0.29) is 5.78 Å². The quantitative estimate of drug-likeness (QED) is 0.290. The number of hydrogen-bond acceptors (Lipinski definition) is 4. The van der Waals surface area contributed by atoms with Gasteiger partial charge in [-0.15, -0.1) is 10.2 Å². The Balaban J connectivity index is 1.53. The Morgan fingerprint density at radius 3 is 2.46 bits per heavy atom. The summed E-state index contributed by atoms with van der Waals surface area (Å²) in [6.45, 7) is 2.07. The lowest BCUT2D eigenvalue weighted by atomic mass is 10.1. The molecule has 0 aliphatic heterocycles. The Morgan fingerprint density at radius 2 is 1.77 bits per heavy atom. The van der Waals surface area contributed by atoms with Crippen molar-refractivity contribution in [1.82, 2.24) is 14.8 Å². The molecule has 1 heterocycles. The molecule has 26 heavy (non-hydrogen) atoms. The third-order valence-electron chi connectivity index (χ3n) is 4.09. The van der Waals surface area contributed by atoms with Crippen LogP contribution in [0.15, 0.2) is 58.2 Å². The van der Waals surface area contributed by atoms with E-state index in [2.05, 4.69) is 57.3 Å². The number of halogens is 1. The molecule has 0 aliphatic carbocycles. The van der Waals surface area contributed by atoms with E-state index in [0.29, 0.717) is 6.42 Å². The topological polar surface area (TPSA) is 47.8 Å². The highest BCUT2D eigenvalue weighted by molar-refractivity contribution is 9.10.